The van der Waals surface area contributed by atoms with Crippen LogP contribution in [0.4, 0.5) is 13.2 Å². The smallest absolute Gasteiger partial charge is 0.328 e. The van der Waals surface area contributed by atoms with E-state index in [-0.39, 0.29) is 50.7 Å². The number of nitrogens with one attached hydrogen (secondary N) is 1. The monoisotopic (exact) mass is 424 g/mol. The fourth-order valence-corrected chi connectivity index (χ4v) is 4.53. The van der Waals surface area contributed by atoms with Crippen molar-refractivity contribution in [2.75, 3.05) is 6.54 Å². The molecule has 10 heteroatoms. The lowest BCUT2D eigenvalue weighted by Gasteiger charge is -2.39. The number of nitrogens with two attached hydrogens (primary N) is 1. The molecule has 0 radical (unpaired) electrons. The Morgan fingerprint density at radius 2 is 1.93 bits per heavy atom. The van der Waals surface area contributed by atoms with E-state index in [4.69, 9.17) is 5.73 Å². The summed E-state index contributed by atoms with van der Waals surface area (Å²) in [7, 11) is 0. The van der Waals surface area contributed by atoms with E-state index in [1.807, 2.05) is 0 Å². The molecule has 30 heavy (non-hydrogen) atoms. The van der Waals surface area contributed by atoms with Crippen LogP contribution < -0.4 is 11.1 Å². The Hall–Kier alpha value is -2.46. The summed E-state index contributed by atoms with van der Waals surface area (Å²) in [6.07, 6.45) is -3.56. The Morgan fingerprint density at radius 1 is 1.17 bits per heavy atom. The summed E-state index contributed by atoms with van der Waals surface area (Å²) in [5.41, 5.74) is 7.55. The molecular weight excluding hydrogens is 401 g/mol. The highest BCUT2D eigenvalue weighted by atomic mass is 19.4. The minimum Gasteiger partial charge on any atom is -0.328 e. The first-order valence-corrected chi connectivity index (χ1v) is 9.96. The zero-order valence-corrected chi connectivity index (χ0v) is 16.2. The van der Waals surface area contributed by atoms with Crippen molar-refractivity contribution in [1.29, 1.82) is 0 Å². The lowest BCUT2D eigenvalue weighted by atomic mass is 9.96. The van der Waals surface area contributed by atoms with E-state index in [0.717, 1.165) is 0 Å². The first-order chi connectivity index (χ1) is 14.1. The largest absolute Gasteiger partial charge is 0.404 e. The number of halogens is 3. The predicted octanol–water partition coefficient (Wildman–Crippen LogP) is 1.30. The highest BCUT2D eigenvalue weighted by Crippen LogP contribution is 2.33. The lowest BCUT2D eigenvalue weighted by Crippen LogP contribution is -2.53. The molecule has 162 valence electrons. The Labute approximate surface area is 171 Å². The molecule has 1 aromatic carbocycles. The van der Waals surface area contributed by atoms with Crippen LogP contribution in [0.5, 0.6) is 0 Å². The number of benzene rings is 1. The number of amides is 3. The van der Waals surface area contributed by atoms with Gasteiger partial charge in [-0.3, -0.25) is 24.6 Å². The van der Waals surface area contributed by atoms with Gasteiger partial charge in [0, 0.05) is 37.7 Å². The second-order valence-corrected chi connectivity index (χ2v) is 8.20. The van der Waals surface area contributed by atoms with E-state index in [0.29, 0.717) is 23.1 Å². The first kappa shape index (κ1) is 20.8. The number of hydrogen-bond acceptors (Lipinski definition) is 5. The summed E-state index contributed by atoms with van der Waals surface area (Å²) in [5.74, 6) is -1.16. The Balaban J connectivity index is 1.50. The van der Waals surface area contributed by atoms with Gasteiger partial charge >= 0.3 is 6.18 Å². The number of fused-ring (bicyclic) bond motifs is 1. The third kappa shape index (κ3) is 3.93. The molecular formula is C20H23F3N4O3. The maximum atomic E-state index is 13.4. The average Bonchev–Trinajstić information content (AvgIpc) is 2.98. The van der Waals surface area contributed by atoms with Crippen LogP contribution in [0.3, 0.4) is 0 Å². The van der Waals surface area contributed by atoms with Crippen molar-refractivity contribution in [2.45, 2.75) is 63.1 Å². The standard InChI is InChI=1S/C20H23F3N4O3/c21-20(22,23)16-8-13(24)5-6-26(16)9-11-1-2-14-12(7-11)10-27(19(14)30)15-3-4-17(28)25-18(15)29/h1-2,7,13,15-16H,3-6,8-10,24H2,(H,25,28,29)/t13-,15?,16+/m1/s1. The second kappa shape index (κ2) is 7.66. The van der Waals surface area contributed by atoms with E-state index < -0.39 is 30.2 Å². The molecule has 7 nitrogen and oxygen atoms in total. The summed E-state index contributed by atoms with van der Waals surface area (Å²) in [6, 6.07) is 2.23. The second-order valence-electron chi connectivity index (χ2n) is 8.20. The summed E-state index contributed by atoms with van der Waals surface area (Å²) in [5, 5.41) is 2.25. The van der Waals surface area contributed by atoms with Crippen molar-refractivity contribution in [3.05, 3.63) is 34.9 Å². The van der Waals surface area contributed by atoms with Crippen LogP contribution in [0, 0.1) is 0 Å². The average molecular weight is 424 g/mol. The molecule has 0 spiro atoms. The molecule has 3 aliphatic heterocycles. The predicted molar refractivity (Wildman–Crippen MR) is 99.9 cm³/mol. The van der Waals surface area contributed by atoms with Crippen LogP contribution in [0.1, 0.15) is 47.2 Å². The molecule has 4 rings (SSSR count). The van der Waals surface area contributed by atoms with Gasteiger partial charge in [0.15, 0.2) is 0 Å². The number of piperidine rings is 2. The number of carbonyl (C=O) groups excluding carboxylic acids is 3. The SMILES string of the molecule is N[C@@H]1CCN(Cc2ccc3c(c2)CN(C2CCC(=O)NC2=O)C3=O)[C@H](C(F)(F)F)C1. The van der Waals surface area contributed by atoms with Gasteiger partial charge in [-0.25, -0.2) is 0 Å². The van der Waals surface area contributed by atoms with Gasteiger partial charge < -0.3 is 10.6 Å². The van der Waals surface area contributed by atoms with Crippen molar-refractivity contribution in [3.8, 4) is 0 Å². The van der Waals surface area contributed by atoms with Crippen LogP contribution in [0.15, 0.2) is 18.2 Å². The highest BCUT2D eigenvalue weighted by molar-refractivity contribution is 6.05. The van der Waals surface area contributed by atoms with Gasteiger partial charge in [0.05, 0.1) is 0 Å². The summed E-state index contributed by atoms with van der Waals surface area (Å²) < 4.78 is 40.3. The Bertz CT molecular complexity index is 889. The first-order valence-electron chi connectivity index (χ1n) is 9.96. The van der Waals surface area contributed by atoms with Gasteiger partial charge in [-0.2, -0.15) is 13.2 Å². The van der Waals surface area contributed by atoms with Crippen molar-refractivity contribution in [3.63, 3.8) is 0 Å². The van der Waals surface area contributed by atoms with E-state index in [1.54, 1.807) is 18.2 Å². The molecule has 0 aromatic heterocycles. The van der Waals surface area contributed by atoms with Gasteiger partial charge in [0.1, 0.15) is 12.1 Å². The zero-order valence-electron chi connectivity index (χ0n) is 16.2. The quantitative estimate of drug-likeness (QED) is 0.714. The number of imide groups is 1. The number of carbonyl (C=O) groups is 3. The molecule has 3 heterocycles. The molecule has 1 aromatic rings. The molecule has 3 amide bonds. The van der Waals surface area contributed by atoms with Crippen LogP contribution in [-0.4, -0.2) is 58.4 Å². The van der Waals surface area contributed by atoms with Crippen molar-refractivity contribution in [2.24, 2.45) is 5.73 Å². The normalized spacial score (nSPS) is 27.9. The molecule has 1 unspecified atom stereocenters. The Kier molecular flexibility index (Phi) is 5.31. The molecule has 3 atom stereocenters. The molecule has 0 aliphatic carbocycles. The van der Waals surface area contributed by atoms with Crippen molar-refractivity contribution < 1.29 is 27.6 Å². The van der Waals surface area contributed by atoms with Gasteiger partial charge in [-0.05, 0) is 36.5 Å². The van der Waals surface area contributed by atoms with E-state index in [1.165, 1.54) is 9.80 Å². The Morgan fingerprint density at radius 3 is 2.63 bits per heavy atom. The molecule has 3 N–H and O–H groups in total. The minimum absolute atomic E-state index is 0.108. The van der Waals surface area contributed by atoms with Gasteiger partial charge in [0.2, 0.25) is 11.8 Å². The molecule has 0 saturated carbocycles. The van der Waals surface area contributed by atoms with E-state index in [9.17, 15) is 27.6 Å². The van der Waals surface area contributed by atoms with Crippen molar-refractivity contribution >= 4 is 17.7 Å². The summed E-state index contributed by atoms with van der Waals surface area (Å²) >= 11 is 0. The lowest BCUT2D eigenvalue weighted by molar-refractivity contribution is -0.194. The minimum atomic E-state index is -4.35. The van der Waals surface area contributed by atoms with E-state index >= 15 is 0 Å². The maximum absolute atomic E-state index is 13.4. The topological polar surface area (TPSA) is 95.7 Å². The number of rotatable bonds is 3. The molecule has 0 bridgehead atoms. The molecule has 3 aliphatic rings. The fraction of sp³-hybridized carbons (Fsp3) is 0.550. The van der Waals surface area contributed by atoms with Gasteiger partial charge in [0.25, 0.3) is 5.91 Å². The van der Waals surface area contributed by atoms with Gasteiger partial charge in [-0.1, -0.05) is 12.1 Å². The highest BCUT2D eigenvalue weighted by Gasteiger charge is 2.46. The third-order valence-electron chi connectivity index (χ3n) is 6.11. The molecule has 2 fully saturated rings. The van der Waals surface area contributed by atoms with Crippen LogP contribution >= 0.6 is 0 Å². The third-order valence-corrected chi connectivity index (χ3v) is 6.11. The maximum Gasteiger partial charge on any atom is 0.404 e. The number of likely N-dealkylation sites (tertiary alicyclic amines) is 1. The number of nitrogens with zero attached hydrogens (tertiary/aromatic N) is 2. The number of hydrogen-bond donors (Lipinski definition) is 2. The summed E-state index contributed by atoms with van der Waals surface area (Å²) in [4.78, 5) is 39.0. The number of alkyl halides is 3. The van der Waals surface area contributed by atoms with Crippen molar-refractivity contribution in [1.82, 2.24) is 15.1 Å². The summed E-state index contributed by atoms with van der Waals surface area (Å²) in [6.45, 7) is 0.558. The zero-order chi connectivity index (χ0) is 21.6. The molecule has 2 saturated heterocycles. The van der Waals surface area contributed by atoms with Crippen LogP contribution in [0.2, 0.25) is 0 Å². The fourth-order valence-electron chi connectivity index (χ4n) is 4.53. The van der Waals surface area contributed by atoms with E-state index in [2.05, 4.69) is 5.32 Å². The van der Waals surface area contributed by atoms with Gasteiger partial charge in [-0.15, -0.1) is 0 Å². The van der Waals surface area contributed by atoms with Crippen LogP contribution in [-0.2, 0) is 22.7 Å². The van der Waals surface area contributed by atoms with Crippen LogP contribution in [0.25, 0.3) is 0 Å².